The first-order valence-electron chi connectivity index (χ1n) is 6.72. The van der Waals surface area contributed by atoms with Crippen LogP contribution < -0.4 is 9.64 Å². The molecule has 0 radical (unpaired) electrons. The van der Waals surface area contributed by atoms with Gasteiger partial charge < -0.3 is 14.2 Å². The van der Waals surface area contributed by atoms with E-state index < -0.39 is 6.10 Å². The van der Waals surface area contributed by atoms with Crippen molar-refractivity contribution < 1.29 is 19.0 Å². The third-order valence-corrected chi connectivity index (χ3v) is 3.61. The topological polar surface area (TPSA) is 48.0 Å². The maximum Gasteiger partial charge on any atom is 0.260 e. The number of hydrogen-bond donors (Lipinski definition) is 0. The third kappa shape index (κ3) is 2.57. The second kappa shape index (κ2) is 5.71. The molecule has 1 aliphatic heterocycles. The molecular weight excluding hydrogens is 270 g/mol. The number of amides is 1. The van der Waals surface area contributed by atoms with Gasteiger partial charge in [0.1, 0.15) is 12.5 Å². The molecule has 5 heteroatoms. The summed E-state index contributed by atoms with van der Waals surface area (Å²) in [6, 6.07) is 11.7. The van der Waals surface area contributed by atoms with Crippen molar-refractivity contribution in [2.24, 2.45) is 0 Å². The molecule has 110 valence electrons. The summed E-state index contributed by atoms with van der Waals surface area (Å²) >= 11 is 0. The van der Waals surface area contributed by atoms with Gasteiger partial charge in [-0.05, 0) is 35.0 Å². The summed E-state index contributed by atoms with van der Waals surface area (Å²) in [6.45, 7) is 0.527. The Morgan fingerprint density at radius 2 is 2.00 bits per heavy atom. The van der Waals surface area contributed by atoms with Gasteiger partial charge in [0.15, 0.2) is 6.10 Å². The van der Waals surface area contributed by atoms with Gasteiger partial charge in [-0.1, -0.05) is 12.1 Å². The molecule has 0 N–H and O–H groups in total. The van der Waals surface area contributed by atoms with E-state index in [0.29, 0.717) is 0 Å². The second-order valence-electron chi connectivity index (χ2n) is 4.90. The van der Waals surface area contributed by atoms with Crippen molar-refractivity contribution in [3.8, 4) is 5.75 Å². The van der Waals surface area contributed by atoms with Crippen LogP contribution >= 0.6 is 0 Å². The first kappa shape index (κ1) is 13.9. The van der Waals surface area contributed by atoms with Crippen molar-refractivity contribution in [2.75, 3.05) is 32.5 Å². The molecule has 0 aromatic heterocycles. The van der Waals surface area contributed by atoms with Crippen LogP contribution in [0.1, 0.15) is 0 Å². The van der Waals surface area contributed by atoms with Crippen LogP contribution in [-0.4, -0.2) is 39.6 Å². The van der Waals surface area contributed by atoms with Gasteiger partial charge in [0.25, 0.3) is 5.91 Å². The zero-order chi connectivity index (χ0) is 14.8. The van der Waals surface area contributed by atoms with E-state index in [1.807, 2.05) is 36.4 Å². The fourth-order valence-corrected chi connectivity index (χ4v) is 2.45. The molecule has 1 unspecified atom stereocenters. The summed E-state index contributed by atoms with van der Waals surface area (Å²) in [5, 5.41) is 2.12. The number of hydrogen-bond acceptors (Lipinski definition) is 4. The molecule has 2 aromatic carbocycles. The Morgan fingerprint density at radius 1 is 1.19 bits per heavy atom. The van der Waals surface area contributed by atoms with Crippen molar-refractivity contribution in [3.63, 3.8) is 0 Å². The van der Waals surface area contributed by atoms with Crippen LogP contribution in [0.3, 0.4) is 0 Å². The van der Waals surface area contributed by atoms with E-state index in [9.17, 15) is 4.79 Å². The van der Waals surface area contributed by atoms with Crippen molar-refractivity contribution in [1.29, 1.82) is 0 Å². The minimum Gasteiger partial charge on any atom is -0.497 e. The fourth-order valence-electron chi connectivity index (χ4n) is 2.45. The van der Waals surface area contributed by atoms with Crippen LogP contribution in [0.2, 0.25) is 0 Å². The van der Waals surface area contributed by atoms with Crippen LogP contribution in [0.4, 0.5) is 5.69 Å². The average molecular weight is 287 g/mol. The number of nitrogens with zero attached hydrogens (tertiary/aromatic N) is 1. The highest BCUT2D eigenvalue weighted by Crippen LogP contribution is 2.28. The van der Waals surface area contributed by atoms with Gasteiger partial charge in [-0.2, -0.15) is 0 Å². The first-order chi connectivity index (χ1) is 10.2. The molecule has 0 spiro atoms. The van der Waals surface area contributed by atoms with E-state index in [1.54, 1.807) is 19.1 Å². The largest absolute Gasteiger partial charge is 0.497 e. The third-order valence-electron chi connectivity index (χ3n) is 3.61. The Morgan fingerprint density at radius 3 is 2.76 bits per heavy atom. The lowest BCUT2D eigenvalue weighted by Gasteiger charge is -2.15. The monoisotopic (exact) mass is 287 g/mol. The summed E-state index contributed by atoms with van der Waals surface area (Å²) in [6.07, 6.45) is -0.518. The molecule has 0 bridgehead atoms. The minimum absolute atomic E-state index is 0.0703. The number of carbonyl (C=O) groups is 1. The van der Waals surface area contributed by atoms with Gasteiger partial charge in [0, 0.05) is 12.8 Å². The standard InChI is InChI=1S/C16H17NO4/c1-19-9-15-16(18)17(10-21-15)13-5-3-11-4-6-14(20-2)8-12(11)7-13/h3-8,15H,9-10H2,1-2H3. The normalized spacial score (nSPS) is 18.5. The van der Waals surface area contributed by atoms with Gasteiger partial charge in [-0.15, -0.1) is 0 Å². The number of benzene rings is 2. The molecule has 5 nitrogen and oxygen atoms in total. The lowest BCUT2D eigenvalue weighted by molar-refractivity contribution is -0.124. The number of fused-ring (bicyclic) bond motifs is 1. The highest BCUT2D eigenvalue weighted by Gasteiger charge is 2.33. The molecule has 3 rings (SSSR count). The average Bonchev–Trinajstić information content (AvgIpc) is 2.88. The summed E-state index contributed by atoms with van der Waals surface area (Å²) < 4.78 is 15.7. The van der Waals surface area contributed by atoms with E-state index in [-0.39, 0.29) is 19.2 Å². The number of methoxy groups -OCH3 is 2. The number of rotatable bonds is 4. The molecule has 21 heavy (non-hydrogen) atoms. The maximum absolute atomic E-state index is 12.3. The Bertz CT molecular complexity index is 670. The Kier molecular flexibility index (Phi) is 3.77. The molecule has 1 heterocycles. The molecule has 2 aromatic rings. The summed E-state index contributed by atoms with van der Waals surface area (Å²) in [4.78, 5) is 13.9. The molecular formula is C16H17NO4. The van der Waals surface area contributed by atoms with Crippen LogP contribution in [0.15, 0.2) is 36.4 Å². The first-order valence-corrected chi connectivity index (χ1v) is 6.72. The van der Waals surface area contributed by atoms with Gasteiger partial charge in [-0.25, -0.2) is 0 Å². The molecule has 1 aliphatic rings. The smallest absolute Gasteiger partial charge is 0.260 e. The van der Waals surface area contributed by atoms with E-state index >= 15 is 0 Å². The van der Waals surface area contributed by atoms with E-state index in [0.717, 1.165) is 22.2 Å². The predicted molar refractivity (Wildman–Crippen MR) is 79.6 cm³/mol. The van der Waals surface area contributed by atoms with Gasteiger partial charge in [-0.3, -0.25) is 9.69 Å². The fraction of sp³-hybridized carbons (Fsp3) is 0.312. The Hall–Kier alpha value is -2.11. The van der Waals surface area contributed by atoms with Crippen molar-refractivity contribution >= 4 is 22.4 Å². The van der Waals surface area contributed by atoms with E-state index in [1.165, 1.54) is 0 Å². The zero-order valence-corrected chi connectivity index (χ0v) is 12.0. The summed E-state index contributed by atoms with van der Waals surface area (Å²) in [7, 11) is 3.19. The van der Waals surface area contributed by atoms with Gasteiger partial charge >= 0.3 is 0 Å². The Labute approximate surface area is 123 Å². The molecule has 1 amide bonds. The quantitative estimate of drug-likeness (QED) is 0.865. The van der Waals surface area contributed by atoms with Crippen LogP contribution in [0, 0.1) is 0 Å². The second-order valence-corrected chi connectivity index (χ2v) is 4.90. The summed E-state index contributed by atoms with van der Waals surface area (Å²) in [5.41, 5.74) is 0.819. The maximum atomic E-state index is 12.3. The SMILES string of the molecule is COCC1OCN(c2ccc3ccc(OC)cc3c2)C1=O. The van der Waals surface area contributed by atoms with Crippen molar-refractivity contribution in [3.05, 3.63) is 36.4 Å². The predicted octanol–water partition coefficient (Wildman–Crippen LogP) is 2.18. The minimum atomic E-state index is -0.518. The number of ether oxygens (including phenoxy) is 3. The molecule has 1 saturated heterocycles. The number of carbonyl (C=O) groups excluding carboxylic acids is 1. The van der Waals surface area contributed by atoms with Crippen LogP contribution in [0.25, 0.3) is 10.8 Å². The van der Waals surface area contributed by atoms with Crippen molar-refractivity contribution in [2.45, 2.75) is 6.10 Å². The zero-order valence-electron chi connectivity index (χ0n) is 12.0. The highest BCUT2D eigenvalue weighted by molar-refractivity contribution is 6.00. The molecule has 1 atom stereocenters. The van der Waals surface area contributed by atoms with Crippen LogP contribution in [0.5, 0.6) is 5.75 Å². The van der Waals surface area contributed by atoms with Crippen molar-refractivity contribution in [1.82, 2.24) is 0 Å². The molecule has 0 saturated carbocycles. The highest BCUT2D eigenvalue weighted by atomic mass is 16.6. The molecule has 0 aliphatic carbocycles. The van der Waals surface area contributed by atoms with Crippen LogP contribution in [-0.2, 0) is 14.3 Å². The van der Waals surface area contributed by atoms with Gasteiger partial charge in [0.05, 0.1) is 13.7 Å². The lowest BCUT2D eigenvalue weighted by Crippen LogP contribution is -2.31. The van der Waals surface area contributed by atoms with E-state index in [2.05, 4.69) is 0 Å². The number of anilines is 1. The lowest BCUT2D eigenvalue weighted by atomic mass is 10.1. The van der Waals surface area contributed by atoms with E-state index in [4.69, 9.17) is 14.2 Å². The summed E-state index contributed by atoms with van der Waals surface area (Å²) in [5.74, 6) is 0.722. The Balaban J connectivity index is 1.92. The molecule has 1 fully saturated rings. The van der Waals surface area contributed by atoms with Gasteiger partial charge in [0.2, 0.25) is 0 Å².